The van der Waals surface area contributed by atoms with Crippen LogP contribution < -0.4 is 5.32 Å². The lowest BCUT2D eigenvalue weighted by atomic mass is 10.0. The van der Waals surface area contributed by atoms with Crippen LogP contribution in [0.3, 0.4) is 0 Å². The Morgan fingerprint density at radius 2 is 2.09 bits per heavy atom. The lowest BCUT2D eigenvalue weighted by Crippen LogP contribution is -2.29. The van der Waals surface area contributed by atoms with Crippen molar-refractivity contribution in [1.82, 2.24) is 24.9 Å². The summed E-state index contributed by atoms with van der Waals surface area (Å²) in [7, 11) is 0. The second kappa shape index (κ2) is 6.13. The Kier molecular flexibility index (Phi) is 4.03. The van der Waals surface area contributed by atoms with Crippen LogP contribution in [-0.4, -0.2) is 37.1 Å². The number of rotatable bonds is 4. The smallest absolute Gasteiger partial charge is 0.291 e. The molecule has 2 aromatic heterocycles. The highest BCUT2D eigenvalue weighted by atomic mass is 16.3. The summed E-state index contributed by atoms with van der Waals surface area (Å²) in [5.74, 6) is -0.0408. The van der Waals surface area contributed by atoms with E-state index in [4.69, 9.17) is 0 Å². The lowest BCUT2D eigenvalue weighted by molar-refractivity contribution is 0.0906. The molecular formula is C16H17N5O2. The number of hydrogen-bond donors (Lipinski definition) is 2. The number of aliphatic hydroxyl groups is 1. The molecule has 0 aliphatic carbocycles. The minimum atomic E-state index is -0.781. The van der Waals surface area contributed by atoms with Gasteiger partial charge in [0.15, 0.2) is 0 Å². The molecule has 0 aliphatic rings. The fourth-order valence-corrected chi connectivity index (χ4v) is 2.34. The Morgan fingerprint density at radius 3 is 2.83 bits per heavy atom. The summed E-state index contributed by atoms with van der Waals surface area (Å²) in [4.78, 5) is 20.3. The highest BCUT2D eigenvalue weighted by Crippen LogP contribution is 2.16. The second-order valence-corrected chi connectivity index (χ2v) is 5.32. The maximum Gasteiger partial charge on any atom is 0.291 e. The Morgan fingerprint density at radius 1 is 1.30 bits per heavy atom. The number of benzene rings is 1. The van der Waals surface area contributed by atoms with Crippen LogP contribution in [0.2, 0.25) is 0 Å². The highest BCUT2D eigenvalue weighted by molar-refractivity contribution is 5.90. The monoisotopic (exact) mass is 311 g/mol. The zero-order valence-electron chi connectivity index (χ0n) is 12.9. The van der Waals surface area contributed by atoms with Crippen molar-refractivity contribution in [3.63, 3.8) is 0 Å². The molecule has 2 heterocycles. The number of aliphatic hydroxyl groups excluding tert-OH is 1. The van der Waals surface area contributed by atoms with Gasteiger partial charge < -0.3 is 10.4 Å². The maximum absolute atomic E-state index is 12.2. The zero-order valence-corrected chi connectivity index (χ0v) is 12.9. The van der Waals surface area contributed by atoms with Crippen LogP contribution in [0.25, 0.3) is 5.78 Å². The normalized spacial score (nSPS) is 12.3. The first kappa shape index (κ1) is 15.1. The van der Waals surface area contributed by atoms with Crippen LogP contribution in [0.15, 0.2) is 36.5 Å². The number of aromatic nitrogens is 4. The number of hydrogen-bond acceptors (Lipinski definition) is 5. The number of aryl methyl sites for hydroxylation is 2. The van der Waals surface area contributed by atoms with Crippen LogP contribution in [0, 0.1) is 13.8 Å². The van der Waals surface area contributed by atoms with Gasteiger partial charge in [0.2, 0.25) is 5.82 Å². The molecule has 3 rings (SSSR count). The van der Waals surface area contributed by atoms with Crippen LogP contribution in [-0.2, 0) is 0 Å². The minimum Gasteiger partial charge on any atom is -0.387 e. The average Bonchev–Trinajstić information content (AvgIpc) is 2.98. The van der Waals surface area contributed by atoms with E-state index in [0.29, 0.717) is 5.78 Å². The van der Waals surface area contributed by atoms with Gasteiger partial charge in [-0.2, -0.15) is 4.98 Å². The molecule has 0 aliphatic heterocycles. The summed E-state index contributed by atoms with van der Waals surface area (Å²) in [6, 6.07) is 9.29. The molecule has 23 heavy (non-hydrogen) atoms. The maximum atomic E-state index is 12.2. The number of nitrogens with zero attached hydrogens (tertiary/aromatic N) is 4. The molecule has 7 heteroatoms. The Balaban J connectivity index is 1.71. The van der Waals surface area contributed by atoms with Gasteiger partial charge in [-0.25, -0.2) is 9.50 Å². The van der Waals surface area contributed by atoms with Crippen LogP contribution in [0.1, 0.15) is 33.5 Å². The van der Waals surface area contributed by atoms with Gasteiger partial charge in [-0.05, 0) is 31.0 Å². The Bertz CT molecular complexity index is 859. The molecule has 0 fully saturated rings. The summed E-state index contributed by atoms with van der Waals surface area (Å²) in [5, 5.41) is 17.0. The van der Waals surface area contributed by atoms with Crippen molar-refractivity contribution in [2.45, 2.75) is 20.0 Å². The van der Waals surface area contributed by atoms with Gasteiger partial charge >= 0.3 is 0 Å². The molecule has 118 valence electrons. The standard InChI is InChI=1S/C16H17N5O2/c1-10-5-3-4-6-12(10)13(22)9-18-15(23)14-19-16-17-8-7-11(2)21(16)20-14/h3-8,13,22H,9H2,1-2H3,(H,18,23). The number of nitrogens with one attached hydrogen (secondary N) is 1. The molecule has 0 saturated carbocycles. The minimum absolute atomic E-state index is 0.0313. The van der Waals surface area contributed by atoms with Gasteiger partial charge in [0.25, 0.3) is 11.7 Å². The summed E-state index contributed by atoms with van der Waals surface area (Å²) < 4.78 is 1.51. The predicted octanol–water partition coefficient (Wildman–Crippen LogP) is 1.20. The van der Waals surface area contributed by atoms with Crippen molar-refractivity contribution >= 4 is 11.7 Å². The van der Waals surface area contributed by atoms with Crippen molar-refractivity contribution in [1.29, 1.82) is 0 Å². The van der Waals surface area contributed by atoms with Crippen molar-refractivity contribution in [2.24, 2.45) is 0 Å². The number of amides is 1. The van der Waals surface area contributed by atoms with Gasteiger partial charge in [-0.15, -0.1) is 5.10 Å². The van der Waals surface area contributed by atoms with E-state index in [2.05, 4.69) is 20.4 Å². The molecule has 3 aromatic rings. The summed E-state index contributed by atoms with van der Waals surface area (Å²) in [6.45, 7) is 3.86. The van der Waals surface area contributed by atoms with Crippen LogP contribution >= 0.6 is 0 Å². The highest BCUT2D eigenvalue weighted by Gasteiger charge is 2.16. The molecular weight excluding hydrogens is 294 g/mol. The van der Waals surface area contributed by atoms with E-state index in [1.165, 1.54) is 4.52 Å². The molecule has 1 amide bonds. The van der Waals surface area contributed by atoms with Crippen molar-refractivity contribution < 1.29 is 9.90 Å². The Hall–Kier alpha value is -2.80. The molecule has 0 bridgehead atoms. The fraction of sp³-hybridized carbons (Fsp3) is 0.250. The molecule has 0 spiro atoms. The molecule has 1 unspecified atom stereocenters. The topological polar surface area (TPSA) is 92.4 Å². The third kappa shape index (κ3) is 3.04. The van der Waals surface area contributed by atoms with E-state index in [9.17, 15) is 9.90 Å². The molecule has 7 nitrogen and oxygen atoms in total. The number of carbonyl (C=O) groups excluding carboxylic acids is 1. The van der Waals surface area contributed by atoms with E-state index in [1.807, 2.05) is 38.1 Å². The number of carbonyl (C=O) groups is 1. The molecule has 0 radical (unpaired) electrons. The van der Waals surface area contributed by atoms with Gasteiger partial charge in [-0.1, -0.05) is 24.3 Å². The quantitative estimate of drug-likeness (QED) is 0.755. The van der Waals surface area contributed by atoms with E-state index < -0.39 is 12.0 Å². The average molecular weight is 311 g/mol. The first-order valence-electron chi connectivity index (χ1n) is 7.26. The van der Waals surface area contributed by atoms with E-state index in [1.54, 1.807) is 12.3 Å². The third-order valence-electron chi connectivity index (χ3n) is 3.64. The van der Waals surface area contributed by atoms with Gasteiger partial charge in [0.05, 0.1) is 6.10 Å². The molecule has 2 N–H and O–H groups in total. The van der Waals surface area contributed by atoms with Crippen LogP contribution in [0.5, 0.6) is 0 Å². The molecule has 1 aromatic carbocycles. The Labute approximate surface area is 133 Å². The van der Waals surface area contributed by atoms with E-state index in [-0.39, 0.29) is 12.4 Å². The first-order valence-corrected chi connectivity index (χ1v) is 7.26. The largest absolute Gasteiger partial charge is 0.387 e. The van der Waals surface area contributed by atoms with E-state index >= 15 is 0 Å². The molecule has 1 atom stereocenters. The predicted molar refractivity (Wildman–Crippen MR) is 84.0 cm³/mol. The zero-order chi connectivity index (χ0) is 16.4. The summed E-state index contributed by atoms with van der Waals surface area (Å²) >= 11 is 0. The van der Waals surface area contributed by atoms with Crippen molar-refractivity contribution in [2.75, 3.05) is 6.54 Å². The second-order valence-electron chi connectivity index (χ2n) is 5.32. The van der Waals surface area contributed by atoms with E-state index in [0.717, 1.165) is 16.8 Å². The van der Waals surface area contributed by atoms with Gasteiger partial charge in [0, 0.05) is 18.4 Å². The molecule has 0 saturated heterocycles. The first-order chi connectivity index (χ1) is 11.1. The SMILES string of the molecule is Cc1ccccc1C(O)CNC(=O)c1nc2nccc(C)n2n1. The summed E-state index contributed by atoms with van der Waals surface area (Å²) in [5.41, 5.74) is 2.59. The third-order valence-corrected chi connectivity index (χ3v) is 3.64. The van der Waals surface area contributed by atoms with Crippen molar-refractivity contribution in [3.05, 3.63) is 59.2 Å². The van der Waals surface area contributed by atoms with Gasteiger partial charge in [0.1, 0.15) is 0 Å². The van der Waals surface area contributed by atoms with Crippen molar-refractivity contribution in [3.8, 4) is 0 Å². The number of fused-ring (bicyclic) bond motifs is 1. The van der Waals surface area contributed by atoms with Gasteiger partial charge in [-0.3, -0.25) is 4.79 Å². The summed E-state index contributed by atoms with van der Waals surface area (Å²) in [6.07, 6.45) is 0.834. The lowest BCUT2D eigenvalue weighted by Gasteiger charge is -2.13. The fourth-order valence-electron chi connectivity index (χ4n) is 2.34. The van der Waals surface area contributed by atoms with Crippen LogP contribution in [0.4, 0.5) is 0 Å².